The first kappa shape index (κ1) is 29.5. The van der Waals surface area contributed by atoms with Gasteiger partial charge in [-0.15, -0.1) is 0 Å². The summed E-state index contributed by atoms with van der Waals surface area (Å²) in [7, 11) is -3.68. The van der Waals surface area contributed by atoms with Crippen LogP contribution in [-0.4, -0.2) is 69.6 Å². The summed E-state index contributed by atoms with van der Waals surface area (Å²) in [6, 6.07) is 4.60. The maximum absolute atomic E-state index is 15.8. The maximum atomic E-state index is 15.8. The third kappa shape index (κ3) is 7.97. The number of ether oxygens (including phenoxy) is 1. The minimum absolute atomic E-state index is 0.0435. The fraction of sp³-hybridized carbons (Fsp3) is 0.385. The molecule has 0 aliphatic carbocycles. The molecule has 1 aliphatic heterocycles. The molecule has 12 heteroatoms. The number of allylic oxidation sites excluding steroid dienone is 4. The van der Waals surface area contributed by atoms with Gasteiger partial charge >= 0.3 is 0 Å². The molecule has 206 valence electrons. The Kier molecular flexibility index (Phi) is 11.0. The van der Waals surface area contributed by atoms with E-state index in [0.717, 1.165) is 5.57 Å². The number of aliphatic hydroxyl groups is 1. The average molecular weight is 564 g/mol. The molecule has 1 aromatic carbocycles. The number of aromatic nitrogens is 1. The summed E-state index contributed by atoms with van der Waals surface area (Å²) >= 11 is 1.41. The molecule has 0 saturated carbocycles. The van der Waals surface area contributed by atoms with E-state index in [1.165, 1.54) is 17.4 Å². The van der Waals surface area contributed by atoms with Gasteiger partial charge in [-0.3, -0.25) is 9.71 Å². The Morgan fingerprint density at radius 2 is 2.13 bits per heavy atom. The number of hydrogen-bond acceptors (Lipinski definition) is 8. The largest absolute Gasteiger partial charge is 0.394 e. The molecular weight excluding hydrogens is 529 g/mol. The molecule has 1 aliphatic rings. The fourth-order valence-electron chi connectivity index (χ4n) is 3.71. The summed E-state index contributed by atoms with van der Waals surface area (Å²) in [5.74, 6) is -0.172. The number of nitrogens with zero attached hydrogens (tertiary/aromatic N) is 3. The zero-order valence-electron chi connectivity index (χ0n) is 21.6. The number of rotatable bonds is 12. The van der Waals surface area contributed by atoms with Crippen molar-refractivity contribution in [1.29, 1.82) is 0 Å². The second-order valence-electron chi connectivity index (χ2n) is 8.39. The second-order valence-corrected chi connectivity index (χ2v) is 11.2. The molecule has 0 amide bonds. The molecule has 0 bridgehead atoms. The number of nitrogens with one attached hydrogen (secondary N) is 2. The van der Waals surface area contributed by atoms with E-state index in [2.05, 4.69) is 26.5 Å². The number of aliphatic hydroxyl groups excluding tert-OH is 1. The van der Waals surface area contributed by atoms with Crippen LogP contribution in [0.4, 0.5) is 15.2 Å². The summed E-state index contributed by atoms with van der Waals surface area (Å²) in [4.78, 5) is 11.8. The summed E-state index contributed by atoms with van der Waals surface area (Å²) in [5, 5.41) is 12.7. The highest BCUT2D eigenvalue weighted by Crippen LogP contribution is 2.40. The molecule has 38 heavy (non-hydrogen) atoms. The zero-order valence-corrected chi connectivity index (χ0v) is 23.2. The number of benzene rings is 1. The van der Waals surface area contributed by atoms with Crippen LogP contribution >= 0.6 is 11.3 Å². The molecule has 0 unspecified atom stereocenters. The molecule has 0 spiro atoms. The van der Waals surface area contributed by atoms with Crippen molar-refractivity contribution in [2.24, 2.45) is 4.99 Å². The van der Waals surface area contributed by atoms with Gasteiger partial charge in [-0.1, -0.05) is 43.1 Å². The molecule has 0 radical (unpaired) electrons. The quantitative estimate of drug-likeness (QED) is 0.203. The van der Waals surface area contributed by atoms with E-state index in [4.69, 9.17) is 14.8 Å². The van der Waals surface area contributed by atoms with Gasteiger partial charge in [-0.25, -0.2) is 17.8 Å². The van der Waals surface area contributed by atoms with Gasteiger partial charge in [0.2, 0.25) is 10.0 Å². The highest BCUT2D eigenvalue weighted by Gasteiger charge is 2.24. The van der Waals surface area contributed by atoms with Crippen molar-refractivity contribution < 1.29 is 22.7 Å². The van der Waals surface area contributed by atoms with E-state index in [9.17, 15) is 8.42 Å². The van der Waals surface area contributed by atoms with Gasteiger partial charge in [0.25, 0.3) is 0 Å². The Balaban J connectivity index is 2.07. The van der Waals surface area contributed by atoms with Gasteiger partial charge in [-0.05, 0) is 37.1 Å². The SMILES string of the molecule is C=CC=C(/C=C\NC(C)=NCCO)c1sc(N2CCOCC2)nc1-c1cccc(NS(=O)(=O)CCC)c1F. The lowest BCUT2D eigenvalue weighted by Gasteiger charge is -2.26. The van der Waals surface area contributed by atoms with E-state index in [0.29, 0.717) is 60.8 Å². The summed E-state index contributed by atoms with van der Waals surface area (Å²) in [6.45, 7) is 10.1. The molecular formula is C26H34FN5O4S2. The Bertz CT molecular complexity index is 1300. The van der Waals surface area contributed by atoms with E-state index >= 15 is 4.39 Å². The number of sulfonamides is 1. The van der Waals surface area contributed by atoms with Crippen molar-refractivity contribution in [2.45, 2.75) is 20.3 Å². The number of halogens is 1. The Labute approximate surface area is 227 Å². The lowest BCUT2D eigenvalue weighted by molar-refractivity contribution is 0.122. The Morgan fingerprint density at radius 3 is 2.82 bits per heavy atom. The number of anilines is 2. The monoisotopic (exact) mass is 563 g/mol. The van der Waals surface area contributed by atoms with Crippen molar-refractivity contribution in [3.8, 4) is 11.3 Å². The van der Waals surface area contributed by atoms with Crippen molar-refractivity contribution in [3.05, 3.63) is 59.9 Å². The lowest BCUT2D eigenvalue weighted by atomic mass is 10.1. The predicted molar refractivity (Wildman–Crippen MR) is 154 cm³/mol. The molecule has 3 N–H and O–H groups in total. The number of aliphatic imine (C=N–C) groups is 1. The van der Waals surface area contributed by atoms with Crippen molar-refractivity contribution >= 4 is 43.6 Å². The number of hydrogen-bond donors (Lipinski definition) is 3. The fourth-order valence-corrected chi connectivity index (χ4v) is 5.98. The van der Waals surface area contributed by atoms with Crippen molar-refractivity contribution in [1.82, 2.24) is 10.3 Å². The highest BCUT2D eigenvalue weighted by molar-refractivity contribution is 7.92. The van der Waals surface area contributed by atoms with Crippen molar-refractivity contribution in [2.75, 3.05) is 54.8 Å². The van der Waals surface area contributed by atoms with Gasteiger partial charge in [0.15, 0.2) is 10.9 Å². The van der Waals surface area contributed by atoms with Crippen LogP contribution < -0.4 is 14.9 Å². The van der Waals surface area contributed by atoms with Crippen LogP contribution in [0, 0.1) is 5.82 Å². The second kappa shape index (κ2) is 14.2. The van der Waals surface area contributed by atoms with Crippen molar-refractivity contribution in [3.63, 3.8) is 0 Å². The molecule has 9 nitrogen and oxygen atoms in total. The molecule has 0 atom stereocenters. The smallest absolute Gasteiger partial charge is 0.232 e. The van der Waals surface area contributed by atoms with Crippen LogP contribution in [0.15, 0.2) is 54.2 Å². The van der Waals surface area contributed by atoms with Crippen LogP contribution in [-0.2, 0) is 14.8 Å². The zero-order chi connectivity index (χ0) is 27.5. The van der Waals surface area contributed by atoms with Crippen LogP contribution in [0.25, 0.3) is 16.8 Å². The van der Waals surface area contributed by atoms with Gasteiger partial charge in [0.05, 0.1) is 54.2 Å². The first-order valence-corrected chi connectivity index (χ1v) is 14.8. The van der Waals surface area contributed by atoms with Crippen LogP contribution in [0.3, 0.4) is 0 Å². The van der Waals surface area contributed by atoms with Crippen LogP contribution in [0.1, 0.15) is 25.1 Å². The first-order valence-electron chi connectivity index (χ1n) is 12.3. The van der Waals surface area contributed by atoms with E-state index < -0.39 is 15.8 Å². The van der Waals surface area contributed by atoms with E-state index in [1.54, 1.807) is 44.3 Å². The maximum Gasteiger partial charge on any atom is 0.232 e. The third-order valence-electron chi connectivity index (χ3n) is 5.45. The van der Waals surface area contributed by atoms with E-state index in [-0.39, 0.29) is 23.6 Å². The number of amidine groups is 1. The summed E-state index contributed by atoms with van der Waals surface area (Å²) in [5.41, 5.74) is 1.19. The first-order chi connectivity index (χ1) is 18.3. The van der Waals surface area contributed by atoms with Crippen LogP contribution in [0.5, 0.6) is 0 Å². The number of thiazole rings is 1. The minimum atomic E-state index is -3.68. The Morgan fingerprint density at radius 1 is 1.37 bits per heavy atom. The highest BCUT2D eigenvalue weighted by atomic mass is 32.2. The third-order valence-corrected chi connectivity index (χ3v) is 8.10. The van der Waals surface area contributed by atoms with Gasteiger partial charge in [-0.2, -0.15) is 0 Å². The topological polar surface area (TPSA) is 116 Å². The lowest BCUT2D eigenvalue weighted by Crippen LogP contribution is -2.36. The molecule has 1 saturated heterocycles. The standard InChI is InChI=1S/C26H34FN5O4S2/c1-4-7-20(10-11-28-19(3)29-12-15-33)25-24(30-26(37-25)32-13-16-36-17-14-32)21-8-6-9-22(23(21)27)31-38(34,35)18-5-2/h4,6-11,31,33H,1,5,12-18H2,2-3H3,(H,28,29)/b11-10-,20-7?. The van der Waals surface area contributed by atoms with E-state index in [1.807, 2.05) is 6.08 Å². The molecule has 1 aromatic heterocycles. The average Bonchev–Trinajstić information content (AvgIpc) is 3.33. The molecule has 2 heterocycles. The number of morpholine rings is 1. The Hall–Kier alpha value is -3.06. The van der Waals surface area contributed by atoms with Gasteiger partial charge in [0.1, 0.15) is 0 Å². The normalized spacial score (nSPS) is 15.2. The molecule has 2 aromatic rings. The summed E-state index contributed by atoms with van der Waals surface area (Å²) < 4.78 is 48.3. The van der Waals surface area contributed by atoms with Gasteiger partial charge in [0, 0.05) is 24.9 Å². The molecule has 1 fully saturated rings. The van der Waals surface area contributed by atoms with Crippen LogP contribution in [0.2, 0.25) is 0 Å². The minimum Gasteiger partial charge on any atom is -0.394 e. The van der Waals surface area contributed by atoms with Gasteiger partial charge < -0.3 is 20.1 Å². The summed E-state index contributed by atoms with van der Waals surface area (Å²) in [6.07, 6.45) is 7.36. The molecule has 3 rings (SSSR count). The predicted octanol–water partition coefficient (Wildman–Crippen LogP) is 4.02.